The van der Waals surface area contributed by atoms with Crippen LogP contribution in [0.2, 0.25) is 0 Å². The lowest BCUT2D eigenvalue weighted by Gasteiger charge is -2.31. The molecular weight excluding hydrogens is 232 g/mol. The summed E-state index contributed by atoms with van der Waals surface area (Å²) < 4.78 is 0. The van der Waals surface area contributed by atoms with E-state index in [1.807, 2.05) is 0 Å². The van der Waals surface area contributed by atoms with Gasteiger partial charge in [-0.25, -0.2) is 0 Å². The Bertz CT molecular complexity index is 225. The molecule has 0 saturated heterocycles. The number of thioether (sulfide) groups is 1. The van der Waals surface area contributed by atoms with Crippen LogP contribution in [0, 0.1) is 11.8 Å². The van der Waals surface area contributed by atoms with Gasteiger partial charge in [0, 0.05) is 22.3 Å². The predicted molar refractivity (Wildman–Crippen MR) is 71.2 cm³/mol. The first-order valence-corrected chi connectivity index (χ1v) is 7.82. The van der Waals surface area contributed by atoms with Gasteiger partial charge in [0.05, 0.1) is 0 Å². The van der Waals surface area contributed by atoms with Gasteiger partial charge in [0.15, 0.2) is 0 Å². The Morgan fingerprint density at radius 2 is 1.00 bits per heavy atom. The van der Waals surface area contributed by atoms with E-state index >= 15 is 0 Å². The monoisotopic (exact) mass is 254 g/mol. The Hall–Kier alpha value is -0.310. The maximum atomic E-state index is 10.7. The van der Waals surface area contributed by atoms with Crippen molar-refractivity contribution in [1.29, 1.82) is 0 Å². The number of hydrogen-bond acceptors (Lipinski definition) is 3. The van der Waals surface area contributed by atoms with Crippen LogP contribution in [0.5, 0.6) is 0 Å². The highest BCUT2D eigenvalue weighted by molar-refractivity contribution is 8.00. The average molecular weight is 254 g/mol. The molecule has 0 aromatic carbocycles. The molecule has 2 fully saturated rings. The zero-order chi connectivity index (χ0) is 12.1. The fourth-order valence-electron chi connectivity index (χ4n) is 2.99. The smallest absolute Gasteiger partial charge is 0.123 e. The van der Waals surface area contributed by atoms with Gasteiger partial charge in [-0.1, -0.05) is 0 Å². The third-order valence-corrected chi connectivity index (χ3v) is 5.92. The minimum absolute atomic E-state index is 0.331. The lowest BCUT2D eigenvalue weighted by Crippen LogP contribution is -2.23. The van der Waals surface area contributed by atoms with Crippen molar-refractivity contribution in [2.45, 2.75) is 61.9 Å². The van der Waals surface area contributed by atoms with Crippen LogP contribution in [0.4, 0.5) is 0 Å². The molecule has 0 heterocycles. The standard InChI is InChI=1S/C14H22O2S/c15-9-11-1-5-13(6-2-11)17-14-7-3-12(10-16)4-8-14/h9-14H,1-8H2. The van der Waals surface area contributed by atoms with Crippen LogP contribution in [-0.2, 0) is 9.59 Å². The van der Waals surface area contributed by atoms with Gasteiger partial charge < -0.3 is 9.59 Å². The summed E-state index contributed by atoms with van der Waals surface area (Å²) in [7, 11) is 0. The highest BCUT2D eigenvalue weighted by atomic mass is 32.2. The van der Waals surface area contributed by atoms with Crippen molar-refractivity contribution >= 4 is 24.3 Å². The van der Waals surface area contributed by atoms with E-state index < -0.39 is 0 Å². The van der Waals surface area contributed by atoms with Gasteiger partial charge in [-0.15, -0.1) is 0 Å². The van der Waals surface area contributed by atoms with Crippen LogP contribution in [0.25, 0.3) is 0 Å². The molecule has 2 aliphatic carbocycles. The van der Waals surface area contributed by atoms with E-state index in [0.29, 0.717) is 11.8 Å². The van der Waals surface area contributed by atoms with Gasteiger partial charge in [0.1, 0.15) is 12.6 Å². The molecule has 0 unspecified atom stereocenters. The summed E-state index contributed by atoms with van der Waals surface area (Å²) in [5.41, 5.74) is 0. The van der Waals surface area contributed by atoms with Crippen molar-refractivity contribution < 1.29 is 9.59 Å². The quantitative estimate of drug-likeness (QED) is 0.722. The molecule has 0 bridgehead atoms. The summed E-state index contributed by atoms with van der Waals surface area (Å²) >= 11 is 2.13. The first kappa shape index (κ1) is 13.1. The second-order valence-corrected chi connectivity index (χ2v) is 7.09. The van der Waals surface area contributed by atoms with Gasteiger partial charge in [0.25, 0.3) is 0 Å². The minimum Gasteiger partial charge on any atom is -0.303 e. The third-order valence-electron chi connectivity index (χ3n) is 4.21. The summed E-state index contributed by atoms with van der Waals surface area (Å²) in [6.45, 7) is 0. The lowest BCUT2D eigenvalue weighted by atomic mass is 9.90. The molecule has 3 heteroatoms. The van der Waals surface area contributed by atoms with Crippen molar-refractivity contribution in [3.8, 4) is 0 Å². The maximum absolute atomic E-state index is 10.7. The zero-order valence-electron chi connectivity index (χ0n) is 10.3. The normalized spacial score (nSPS) is 38.6. The number of rotatable bonds is 4. The number of hydrogen-bond donors (Lipinski definition) is 0. The topological polar surface area (TPSA) is 34.1 Å². The summed E-state index contributed by atoms with van der Waals surface area (Å²) in [5.74, 6) is 0.662. The van der Waals surface area contributed by atoms with E-state index in [9.17, 15) is 9.59 Å². The summed E-state index contributed by atoms with van der Waals surface area (Å²) in [4.78, 5) is 21.4. The van der Waals surface area contributed by atoms with E-state index in [1.54, 1.807) is 0 Å². The third kappa shape index (κ3) is 3.84. The van der Waals surface area contributed by atoms with Crippen LogP contribution in [0.3, 0.4) is 0 Å². The predicted octanol–water partition coefficient (Wildman–Crippen LogP) is 3.24. The Morgan fingerprint density at radius 1 is 0.647 bits per heavy atom. The van der Waals surface area contributed by atoms with Crippen molar-refractivity contribution in [2.75, 3.05) is 0 Å². The Morgan fingerprint density at radius 3 is 1.29 bits per heavy atom. The first-order valence-electron chi connectivity index (χ1n) is 6.88. The fraction of sp³-hybridized carbons (Fsp3) is 0.857. The molecule has 96 valence electrons. The van der Waals surface area contributed by atoms with Crippen LogP contribution in [0.1, 0.15) is 51.4 Å². The second kappa shape index (κ2) is 6.58. The Balaban J connectivity index is 1.68. The second-order valence-electron chi connectivity index (χ2n) is 5.48. The molecule has 17 heavy (non-hydrogen) atoms. The SMILES string of the molecule is O=CC1CCC(SC2CCC(C=O)CC2)CC1. The molecule has 0 atom stereocenters. The van der Waals surface area contributed by atoms with Gasteiger partial charge in [-0.2, -0.15) is 11.8 Å². The van der Waals surface area contributed by atoms with E-state index in [2.05, 4.69) is 11.8 Å². The first-order chi connectivity index (χ1) is 8.31. The molecule has 2 rings (SSSR count). The van der Waals surface area contributed by atoms with Crippen molar-refractivity contribution in [1.82, 2.24) is 0 Å². The molecule has 2 nitrogen and oxygen atoms in total. The van der Waals surface area contributed by atoms with Gasteiger partial charge in [-0.3, -0.25) is 0 Å². The molecule has 0 aliphatic heterocycles. The number of aldehydes is 2. The van der Waals surface area contributed by atoms with Gasteiger partial charge in [-0.05, 0) is 51.4 Å². The van der Waals surface area contributed by atoms with Crippen LogP contribution in [-0.4, -0.2) is 23.1 Å². The van der Waals surface area contributed by atoms with Crippen molar-refractivity contribution in [3.63, 3.8) is 0 Å². The zero-order valence-corrected chi connectivity index (χ0v) is 11.2. The molecule has 0 aromatic heterocycles. The van der Waals surface area contributed by atoms with E-state index in [4.69, 9.17) is 0 Å². The molecule has 0 N–H and O–H groups in total. The number of carbonyl (C=O) groups excluding carboxylic acids is 2. The van der Waals surface area contributed by atoms with Gasteiger partial charge >= 0.3 is 0 Å². The van der Waals surface area contributed by atoms with E-state index in [-0.39, 0.29) is 0 Å². The minimum atomic E-state index is 0.331. The summed E-state index contributed by atoms with van der Waals surface area (Å²) in [5, 5.41) is 1.54. The largest absolute Gasteiger partial charge is 0.303 e. The van der Waals surface area contributed by atoms with Gasteiger partial charge in [0.2, 0.25) is 0 Å². The molecule has 0 radical (unpaired) electrons. The van der Waals surface area contributed by atoms with Crippen LogP contribution < -0.4 is 0 Å². The molecule has 0 spiro atoms. The Labute approximate surface area is 108 Å². The highest BCUT2D eigenvalue weighted by Crippen LogP contribution is 2.39. The van der Waals surface area contributed by atoms with E-state index in [1.165, 1.54) is 25.7 Å². The van der Waals surface area contributed by atoms with Crippen molar-refractivity contribution in [2.24, 2.45) is 11.8 Å². The maximum Gasteiger partial charge on any atom is 0.123 e. The van der Waals surface area contributed by atoms with Crippen LogP contribution >= 0.6 is 11.8 Å². The fourth-order valence-corrected chi connectivity index (χ4v) is 4.63. The lowest BCUT2D eigenvalue weighted by molar-refractivity contribution is -0.112. The molecule has 2 saturated carbocycles. The highest BCUT2D eigenvalue weighted by Gasteiger charge is 2.26. The van der Waals surface area contributed by atoms with E-state index in [0.717, 1.165) is 48.8 Å². The molecule has 0 aromatic rings. The van der Waals surface area contributed by atoms with Crippen molar-refractivity contribution in [3.05, 3.63) is 0 Å². The Kier molecular flexibility index (Phi) is 5.08. The molecule has 2 aliphatic rings. The molecular formula is C14H22O2S. The summed E-state index contributed by atoms with van der Waals surface area (Å²) in [6.07, 6.45) is 11.5. The average Bonchev–Trinajstić information content (AvgIpc) is 2.40. The summed E-state index contributed by atoms with van der Waals surface area (Å²) in [6, 6.07) is 0. The number of carbonyl (C=O) groups is 2. The molecule has 0 amide bonds. The van der Waals surface area contributed by atoms with Crippen LogP contribution in [0.15, 0.2) is 0 Å².